The van der Waals surface area contributed by atoms with E-state index < -0.39 is 0 Å². The number of aromatic amines is 1. The van der Waals surface area contributed by atoms with Crippen molar-refractivity contribution in [1.82, 2.24) is 15.3 Å². The number of carbonyl (C=O) groups excluding carboxylic acids is 1. The van der Waals surface area contributed by atoms with Crippen LogP contribution in [0.4, 0.5) is 5.69 Å². The first-order valence-electron chi connectivity index (χ1n) is 8.34. The molecule has 1 saturated heterocycles. The van der Waals surface area contributed by atoms with Gasteiger partial charge in [0.25, 0.3) is 5.91 Å². The molecule has 0 spiro atoms. The number of nitrogens with zero attached hydrogens (tertiary/aromatic N) is 2. The minimum atomic E-state index is -0.0885. The highest BCUT2D eigenvalue weighted by Crippen LogP contribution is 2.21. The summed E-state index contributed by atoms with van der Waals surface area (Å²) in [6.45, 7) is 6.23. The molecule has 3 rings (SSSR count). The molecule has 0 saturated carbocycles. The zero-order valence-electron chi connectivity index (χ0n) is 13.8. The first-order valence-corrected chi connectivity index (χ1v) is 8.34. The van der Waals surface area contributed by atoms with Gasteiger partial charge in [-0.15, -0.1) is 0 Å². The molecule has 0 bridgehead atoms. The van der Waals surface area contributed by atoms with Crippen LogP contribution in [0.3, 0.4) is 0 Å². The van der Waals surface area contributed by atoms with Crippen molar-refractivity contribution in [3.05, 3.63) is 47.5 Å². The molecule has 1 amide bonds. The van der Waals surface area contributed by atoms with E-state index in [9.17, 15) is 4.79 Å². The average molecular weight is 312 g/mol. The van der Waals surface area contributed by atoms with Crippen LogP contribution in [-0.4, -0.2) is 29.0 Å². The molecule has 122 valence electrons. The summed E-state index contributed by atoms with van der Waals surface area (Å²) in [5, 5.41) is 3.06. The number of aromatic nitrogens is 2. The second-order valence-electron chi connectivity index (χ2n) is 6.13. The van der Waals surface area contributed by atoms with Crippen LogP contribution in [0.15, 0.2) is 30.5 Å². The maximum absolute atomic E-state index is 12.5. The first kappa shape index (κ1) is 15.6. The van der Waals surface area contributed by atoms with E-state index in [1.165, 1.54) is 18.5 Å². The van der Waals surface area contributed by atoms with E-state index in [-0.39, 0.29) is 11.9 Å². The van der Waals surface area contributed by atoms with Crippen molar-refractivity contribution in [2.75, 3.05) is 18.0 Å². The Labute approximate surface area is 137 Å². The zero-order chi connectivity index (χ0) is 16.2. The van der Waals surface area contributed by atoms with Crippen molar-refractivity contribution in [1.29, 1.82) is 0 Å². The lowest BCUT2D eigenvalue weighted by atomic mass is 10.1. The summed E-state index contributed by atoms with van der Waals surface area (Å²) < 4.78 is 0. The topological polar surface area (TPSA) is 61.0 Å². The van der Waals surface area contributed by atoms with Gasteiger partial charge in [0.05, 0.1) is 6.04 Å². The molecule has 1 unspecified atom stereocenters. The maximum Gasteiger partial charge on any atom is 0.251 e. The van der Waals surface area contributed by atoms with Crippen LogP contribution in [-0.2, 0) is 0 Å². The Balaban J connectivity index is 1.67. The number of amides is 1. The molecule has 1 aromatic carbocycles. The van der Waals surface area contributed by atoms with Crippen molar-refractivity contribution in [2.45, 2.75) is 39.2 Å². The highest BCUT2D eigenvalue weighted by molar-refractivity contribution is 5.94. The van der Waals surface area contributed by atoms with Crippen LogP contribution in [0.2, 0.25) is 0 Å². The summed E-state index contributed by atoms with van der Waals surface area (Å²) in [5.74, 6) is 0.755. The Morgan fingerprint density at radius 3 is 2.57 bits per heavy atom. The fourth-order valence-electron chi connectivity index (χ4n) is 3.01. The molecule has 2 aromatic rings. The standard InChI is InChI=1S/C18H24N4O/c1-3-16(17-19-12-13(2)20-17)21-18(23)14-6-8-15(9-7-14)22-10-4-5-11-22/h6-9,12,16H,3-5,10-11H2,1-2H3,(H,19,20)(H,21,23). The number of hydrogen-bond acceptors (Lipinski definition) is 3. The van der Waals surface area contributed by atoms with Gasteiger partial charge in [0.2, 0.25) is 0 Å². The van der Waals surface area contributed by atoms with Gasteiger partial charge >= 0.3 is 0 Å². The minimum absolute atomic E-state index is 0.0566. The van der Waals surface area contributed by atoms with E-state index in [2.05, 4.69) is 20.2 Å². The monoisotopic (exact) mass is 312 g/mol. The average Bonchev–Trinajstić information content (AvgIpc) is 3.24. The van der Waals surface area contributed by atoms with Gasteiger partial charge in [0.15, 0.2) is 0 Å². The molecule has 1 aromatic heterocycles. The third-order valence-corrected chi connectivity index (χ3v) is 4.37. The van der Waals surface area contributed by atoms with Crippen molar-refractivity contribution in [3.8, 4) is 0 Å². The second-order valence-corrected chi connectivity index (χ2v) is 6.13. The molecule has 1 fully saturated rings. The van der Waals surface area contributed by atoms with Crippen molar-refractivity contribution < 1.29 is 4.79 Å². The molecule has 0 radical (unpaired) electrons. The highest BCUT2D eigenvalue weighted by Gasteiger charge is 2.17. The Hall–Kier alpha value is -2.30. The third-order valence-electron chi connectivity index (χ3n) is 4.37. The van der Waals surface area contributed by atoms with E-state index in [4.69, 9.17) is 0 Å². The van der Waals surface area contributed by atoms with Crippen LogP contribution in [0.25, 0.3) is 0 Å². The SMILES string of the molecule is CCC(NC(=O)c1ccc(N2CCCC2)cc1)c1ncc(C)[nH]1. The van der Waals surface area contributed by atoms with E-state index in [0.29, 0.717) is 5.56 Å². The Bertz CT molecular complexity index is 656. The fourth-order valence-corrected chi connectivity index (χ4v) is 3.01. The van der Waals surface area contributed by atoms with Crippen molar-refractivity contribution in [2.24, 2.45) is 0 Å². The van der Waals surface area contributed by atoms with Crippen LogP contribution in [0, 0.1) is 6.92 Å². The molecule has 2 heterocycles. The number of imidazole rings is 1. The molecule has 0 aliphatic carbocycles. The van der Waals surface area contributed by atoms with Gasteiger partial charge < -0.3 is 15.2 Å². The lowest BCUT2D eigenvalue weighted by molar-refractivity contribution is 0.0934. The van der Waals surface area contributed by atoms with Crippen molar-refractivity contribution in [3.63, 3.8) is 0 Å². The van der Waals surface area contributed by atoms with Gasteiger partial charge in [-0.1, -0.05) is 6.92 Å². The van der Waals surface area contributed by atoms with Crippen LogP contribution in [0.5, 0.6) is 0 Å². The summed E-state index contributed by atoms with van der Waals surface area (Å²) in [4.78, 5) is 22.3. The third kappa shape index (κ3) is 3.55. The molecule has 1 aliphatic heterocycles. The Morgan fingerprint density at radius 1 is 1.30 bits per heavy atom. The normalized spacial score (nSPS) is 15.7. The predicted octanol–water partition coefficient (Wildman–Crippen LogP) is 3.20. The summed E-state index contributed by atoms with van der Waals surface area (Å²) in [6.07, 6.45) is 5.09. The molecular formula is C18H24N4O. The maximum atomic E-state index is 12.5. The van der Waals surface area contributed by atoms with Crippen LogP contribution >= 0.6 is 0 Å². The van der Waals surface area contributed by atoms with Gasteiger partial charge in [-0.25, -0.2) is 4.98 Å². The lowest BCUT2D eigenvalue weighted by Gasteiger charge is -2.18. The molecule has 1 atom stereocenters. The number of anilines is 1. The predicted molar refractivity (Wildman–Crippen MR) is 91.7 cm³/mol. The van der Waals surface area contributed by atoms with Gasteiger partial charge in [-0.05, 0) is 50.5 Å². The number of rotatable bonds is 5. The molecule has 5 nitrogen and oxygen atoms in total. The zero-order valence-corrected chi connectivity index (χ0v) is 13.8. The quantitative estimate of drug-likeness (QED) is 0.891. The molecule has 23 heavy (non-hydrogen) atoms. The summed E-state index contributed by atoms with van der Waals surface area (Å²) in [6, 6.07) is 7.80. The van der Waals surface area contributed by atoms with Gasteiger partial charge in [0, 0.05) is 36.2 Å². The number of carbonyl (C=O) groups is 1. The summed E-state index contributed by atoms with van der Waals surface area (Å²) in [5.41, 5.74) is 2.89. The number of aryl methyl sites for hydroxylation is 1. The van der Waals surface area contributed by atoms with Gasteiger partial charge in [0.1, 0.15) is 5.82 Å². The van der Waals surface area contributed by atoms with E-state index in [0.717, 1.165) is 31.0 Å². The van der Waals surface area contributed by atoms with E-state index >= 15 is 0 Å². The van der Waals surface area contributed by atoms with Gasteiger partial charge in [-0.3, -0.25) is 4.79 Å². The Kier molecular flexibility index (Phi) is 4.65. The van der Waals surface area contributed by atoms with E-state index in [1.54, 1.807) is 6.20 Å². The summed E-state index contributed by atoms with van der Waals surface area (Å²) in [7, 11) is 0. The van der Waals surface area contributed by atoms with Gasteiger partial charge in [-0.2, -0.15) is 0 Å². The number of H-pyrrole nitrogens is 1. The minimum Gasteiger partial charge on any atom is -0.372 e. The molecule has 5 heteroatoms. The van der Waals surface area contributed by atoms with E-state index in [1.807, 2.05) is 38.1 Å². The molecule has 1 aliphatic rings. The number of benzene rings is 1. The highest BCUT2D eigenvalue weighted by atomic mass is 16.1. The number of nitrogens with one attached hydrogen (secondary N) is 2. The molecule has 2 N–H and O–H groups in total. The first-order chi connectivity index (χ1) is 11.2. The van der Waals surface area contributed by atoms with Crippen LogP contribution < -0.4 is 10.2 Å². The summed E-state index contributed by atoms with van der Waals surface area (Å²) >= 11 is 0. The smallest absolute Gasteiger partial charge is 0.251 e. The number of hydrogen-bond donors (Lipinski definition) is 2. The lowest BCUT2D eigenvalue weighted by Crippen LogP contribution is -2.29. The molecular weight excluding hydrogens is 288 g/mol. The second kappa shape index (κ2) is 6.86. The van der Waals surface area contributed by atoms with Crippen molar-refractivity contribution >= 4 is 11.6 Å². The largest absolute Gasteiger partial charge is 0.372 e. The Morgan fingerprint density at radius 2 is 2.00 bits per heavy atom. The van der Waals surface area contributed by atoms with Crippen LogP contribution in [0.1, 0.15) is 54.1 Å². The fraction of sp³-hybridized carbons (Fsp3) is 0.444.